The highest BCUT2D eigenvalue weighted by Gasteiger charge is 2.31. The van der Waals surface area contributed by atoms with Crippen molar-refractivity contribution in [3.8, 4) is 11.5 Å². The molecule has 1 saturated heterocycles. The van der Waals surface area contributed by atoms with E-state index >= 15 is 0 Å². The van der Waals surface area contributed by atoms with Gasteiger partial charge in [-0.1, -0.05) is 36.4 Å². The van der Waals surface area contributed by atoms with Crippen molar-refractivity contribution in [1.29, 1.82) is 0 Å². The van der Waals surface area contributed by atoms with E-state index in [1.807, 2.05) is 72.6 Å². The van der Waals surface area contributed by atoms with Crippen LogP contribution in [0.5, 0.6) is 11.5 Å². The maximum atomic E-state index is 13.5. The van der Waals surface area contributed by atoms with E-state index in [0.717, 1.165) is 40.7 Å². The zero-order valence-electron chi connectivity index (χ0n) is 19.4. The maximum absolute atomic E-state index is 13.5. The predicted octanol–water partition coefficient (Wildman–Crippen LogP) is 4.37. The first-order chi connectivity index (χ1) is 16.0. The number of carbonyl (C=O) groups excluding carboxylic acids is 2. The fourth-order valence-electron chi connectivity index (χ4n) is 4.60. The molecule has 0 bridgehead atoms. The third kappa shape index (κ3) is 4.80. The number of hydrogen-bond acceptors (Lipinski definition) is 4. The number of amides is 2. The molecule has 1 heterocycles. The van der Waals surface area contributed by atoms with Gasteiger partial charge in [0.2, 0.25) is 5.91 Å². The molecule has 33 heavy (non-hydrogen) atoms. The largest absolute Gasteiger partial charge is 0.497 e. The van der Waals surface area contributed by atoms with Crippen molar-refractivity contribution in [3.63, 3.8) is 0 Å². The lowest BCUT2D eigenvalue weighted by Crippen LogP contribution is -2.45. The maximum Gasteiger partial charge on any atom is 0.254 e. The summed E-state index contributed by atoms with van der Waals surface area (Å²) in [7, 11) is 5.08. The smallest absolute Gasteiger partial charge is 0.254 e. The van der Waals surface area contributed by atoms with Crippen molar-refractivity contribution in [3.05, 3.63) is 71.8 Å². The van der Waals surface area contributed by atoms with Crippen LogP contribution in [0, 0.1) is 5.92 Å². The Morgan fingerprint density at radius 2 is 1.79 bits per heavy atom. The van der Waals surface area contributed by atoms with Crippen LogP contribution in [-0.4, -0.2) is 56.0 Å². The van der Waals surface area contributed by atoms with Crippen molar-refractivity contribution in [2.45, 2.75) is 19.4 Å². The number of nitrogens with zero attached hydrogens (tertiary/aromatic N) is 2. The van der Waals surface area contributed by atoms with Gasteiger partial charge in [0.25, 0.3) is 5.91 Å². The van der Waals surface area contributed by atoms with Crippen LogP contribution in [0.1, 0.15) is 28.8 Å². The fraction of sp³-hybridized carbons (Fsp3) is 0.333. The van der Waals surface area contributed by atoms with Crippen LogP contribution in [0.2, 0.25) is 0 Å². The summed E-state index contributed by atoms with van der Waals surface area (Å²) < 4.78 is 10.7. The van der Waals surface area contributed by atoms with E-state index in [2.05, 4.69) is 0 Å². The summed E-state index contributed by atoms with van der Waals surface area (Å²) in [6.45, 7) is 1.59. The Bertz CT molecular complexity index is 1160. The molecule has 3 aromatic rings. The molecule has 0 saturated carbocycles. The van der Waals surface area contributed by atoms with Crippen molar-refractivity contribution in [2.24, 2.45) is 5.92 Å². The van der Waals surface area contributed by atoms with Crippen LogP contribution in [-0.2, 0) is 11.3 Å². The minimum absolute atomic E-state index is 0.0400. The van der Waals surface area contributed by atoms with Gasteiger partial charge < -0.3 is 19.3 Å². The number of rotatable bonds is 6. The second-order valence-electron chi connectivity index (χ2n) is 8.50. The summed E-state index contributed by atoms with van der Waals surface area (Å²) in [4.78, 5) is 30.2. The lowest BCUT2D eigenvalue weighted by molar-refractivity contribution is -0.136. The first kappa shape index (κ1) is 22.6. The molecule has 1 aliphatic rings. The molecule has 0 aliphatic carbocycles. The van der Waals surface area contributed by atoms with Gasteiger partial charge in [0.1, 0.15) is 11.5 Å². The van der Waals surface area contributed by atoms with Crippen LogP contribution < -0.4 is 9.47 Å². The monoisotopic (exact) mass is 446 g/mol. The summed E-state index contributed by atoms with van der Waals surface area (Å²) >= 11 is 0. The first-order valence-corrected chi connectivity index (χ1v) is 11.2. The molecule has 1 fully saturated rings. The predicted molar refractivity (Wildman–Crippen MR) is 129 cm³/mol. The zero-order chi connectivity index (χ0) is 23.4. The quantitative estimate of drug-likeness (QED) is 0.564. The van der Waals surface area contributed by atoms with Gasteiger partial charge >= 0.3 is 0 Å². The molecule has 2 amide bonds. The summed E-state index contributed by atoms with van der Waals surface area (Å²) in [6.07, 6.45) is 1.59. The van der Waals surface area contributed by atoms with E-state index in [-0.39, 0.29) is 17.7 Å². The van der Waals surface area contributed by atoms with E-state index in [9.17, 15) is 9.59 Å². The number of ether oxygens (including phenoxy) is 2. The van der Waals surface area contributed by atoms with Crippen molar-refractivity contribution in [2.75, 3.05) is 34.4 Å². The number of hydrogen-bond donors (Lipinski definition) is 0. The summed E-state index contributed by atoms with van der Waals surface area (Å²) in [5.41, 5.74) is 1.66. The molecule has 0 N–H and O–H groups in total. The average molecular weight is 447 g/mol. The minimum atomic E-state index is -0.206. The molecular weight excluding hydrogens is 416 g/mol. The molecule has 3 aromatic carbocycles. The van der Waals surface area contributed by atoms with Crippen molar-refractivity contribution in [1.82, 2.24) is 9.80 Å². The molecule has 0 spiro atoms. The van der Waals surface area contributed by atoms with Crippen LogP contribution in [0.15, 0.2) is 60.7 Å². The van der Waals surface area contributed by atoms with E-state index in [1.165, 1.54) is 0 Å². The number of carbonyl (C=O) groups is 2. The van der Waals surface area contributed by atoms with E-state index in [4.69, 9.17) is 9.47 Å². The second kappa shape index (κ2) is 9.94. The third-order valence-electron chi connectivity index (χ3n) is 6.32. The Balaban J connectivity index is 1.48. The SMILES string of the molecule is COc1cccc(CN(C)C(=O)C2CCCN(C(=O)c3ccc(OC)c4ccccc34)C2)c1. The Morgan fingerprint density at radius 3 is 2.55 bits per heavy atom. The topological polar surface area (TPSA) is 59.1 Å². The Morgan fingerprint density at radius 1 is 1.00 bits per heavy atom. The highest BCUT2D eigenvalue weighted by atomic mass is 16.5. The summed E-state index contributed by atoms with van der Waals surface area (Å²) in [6, 6.07) is 19.2. The molecule has 172 valence electrons. The van der Waals surface area contributed by atoms with Crippen LogP contribution >= 0.6 is 0 Å². The lowest BCUT2D eigenvalue weighted by atomic mass is 9.95. The number of fused-ring (bicyclic) bond motifs is 1. The van der Waals surface area contributed by atoms with Gasteiger partial charge in [-0.25, -0.2) is 0 Å². The van der Waals surface area contributed by atoms with Gasteiger partial charge in [0, 0.05) is 37.6 Å². The van der Waals surface area contributed by atoms with Crippen molar-refractivity contribution < 1.29 is 19.1 Å². The fourth-order valence-corrected chi connectivity index (χ4v) is 4.60. The number of methoxy groups -OCH3 is 2. The normalized spacial score (nSPS) is 15.8. The average Bonchev–Trinajstić information content (AvgIpc) is 2.87. The first-order valence-electron chi connectivity index (χ1n) is 11.2. The standard InChI is InChI=1S/C27H30N2O4/c1-28(17-19-8-6-10-21(16-19)32-2)26(30)20-9-7-15-29(18-20)27(31)24-13-14-25(33-3)23-12-5-4-11-22(23)24/h4-6,8,10-14,16,20H,7,9,15,17-18H2,1-3H3. The van der Waals surface area contributed by atoms with Gasteiger partial charge in [0.15, 0.2) is 0 Å². The van der Waals surface area contributed by atoms with Gasteiger partial charge in [-0.3, -0.25) is 9.59 Å². The molecule has 6 nitrogen and oxygen atoms in total. The van der Waals surface area contributed by atoms with Gasteiger partial charge in [-0.2, -0.15) is 0 Å². The van der Waals surface area contributed by atoms with Gasteiger partial charge in [-0.15, -0.1) is 0 Å². The number of benzene rings is 3. The second-order valence-corrected chi connectivity index (χ2v) is 8.50. The van der Waals surface area contributed by atoms with E-state index < -0.39 is 0 Å². The molecule has 1 atom stereocenters. The van der Waals surface area contributed by atoms with Gasteiger partial charge in [-0.05, 0) is 48.1 Å². The lowest BCUT2D eigenvalue weighted by Gasteiger charge is -2.34. The summed E-state index contributed by atoms with van der Waals surface area (Å²) in [5, 5.41) is 1.78. The van der Waals surface area contributed by atoms with Crippen LogP contribution in [0.4, 0.5) is 0 Å². The summed E-state index contributed by atoms with van der Waals surface area (Å²) in [5.74, 6) is 1.34. The number of piperidine rings is 1. The Labute approximate surface area is 194 Å². The highest BCUT2D eigenvalue weighted by molar-refractivity contribution is 6.08. The van der Waals surface area contributed by atoms with E-state index in [1.54, 1.807) is 19.1 Å². The molecule has 1 unspecified atom stereocenters. The molecular formula is C27H30N2O4. The Kier molecular flexibility index (Phi) is 6.82. The molecule has 6 heteroatoms. The molecule has 0 aromatic heterocycles. The van der Waals surface area contributed by atoms with E-state index in [0.29, 0.717) is 25.2 Å². The molecule has 4 rings (SSSR count). The molecule has 0 radical (unpaired) electrons. The van der Waals surface area contributed by atoms with Crippen LogP contribution in [0.3, 0.4) is 0 Å². The van der Waals surface area contributed by atoms with Crippen LogP contribution in [0.25, 0.3) is 10.8 Å². The number of likely N-dealkylation sites (tertiary alicyclic amines) is 1. The van der Waals surface area contributed by atoms with Crippen molar-refractivity contribution >= 4 is 22.6 Å². The highest BCUT2D eigenvalue weighted by Crippen LogP contribution is 2.30. The third-order valence-corrected chi connectivity index (χ3v) is 6.32. The zero-order valence-corrected chi connectivity index (χ0v) is 19.4. The van der Waals surface area contributed by atoms with Gasteiger partial charge in [0.05, 0.1) is 20.1 Å². The molecule has 1 aliphatic heterocycles. The minimum Gasteiger partial charge on any atom is -0.497 e. The Hall–Kier alpha value is -3.54.